The molecule has 2 aromatic heterocycles. The number of benzene rings is 1. The molecule has 1 atom stereocenters. The fraction of sp³-hybridized carbons (Fsp3) is 0.364. The van der Waals surface area contributed by atoms with Crippen LogP contribution in [0.1, 0.15) is 29.8 Å². The van der Waals surface area contributed by atoms with Gasteiger partial charge in [-0.1, -0.05) is 42.1 Å². The van der Waals surface area contributed by atoms with Gasteiger partial charge in [0.05, 0.1) is 23.7 Å². The molecule has 0 saturated carbocycles. The van der Waals surface area contributed by atoms with Crippen LogP contribution in [0.15, 0.2) is 52.9 Å². The van der Waals surface area contributed by atoms with Crippen LogP contribution >= 0.6 is 11.8 Å². The lowest BCUT2D eigenvalue weighted by Gasteiger charge is -2.16. The maximum absolute atomic E-state index is 5.85. The van der Waals surface area contributed by atoms with Gasteiger partial charge in [0.1, 0.15) is 0 Å². The summed E-state index contributed by atoms with van der Waals surface area (Å²) in [6.45, 7) is 6.21. The van der Waals surface area contributed by atoms with Crippen LogP contribution in [0.4, 0.5) is 0 Å². The number of nitrogens with zero attached hydrogens (tertiary/aromatic N) is 4. The van der Waals surface area contributed by atoms with Crippen molar-refractivity contribution in [2.24, 2.45) is 5.10 Å². The van der Waals surface area contributed by atoms with E-state index in [1.165, 1.54) is 23.4 Å². The highest BCUT2D eigenvalue weighted by atomic mass is 32.2. The van der Waals surface area contributed by atoms with Crippen molar-refractivity contribution in [2.45, 2.75) is 44.5 Å². The van der Waals surface area contributed by atoms with E-state index in [1.54, 1.807) is 11.8 Å². The molecule has 0 spiro atoms. The number of ether oxygens (including phenoxy) is 1. The van der Waals surface area contributed by atoms with E-state index in [2.05, 4.69) is 36.6 Å². The van der Waals surface area contributed by atoms with E-state index >= 15 is 0 Å². The number of hydrogen-bond donors (Lipinski definition) is 0. The predicted molar refractivity (Wildman–Crippen MR) is 113 cm³/mol. The van der Waals surface area contributed by atoms with Crippen molar-refractivity contribution < 1.29 is 4.74 Å². The summed E-state index contributed by atoms with van der Waals surface area (Å²) in [6.07, 6.45) is 4.70. The minimum absolute atomic E-state index is 0.342. The van der Waals surface area contributed by atoms with E-state index in [1.807, 2.05) is 29.1 Å². The van der Waals surface area contributed by atoms with Gasteiger partial charge in [0, 0.05) is 41.4 Å². The highest BCUT2D eigenvalue weighted by molar-refractivity contribution is 7.99. The first-order chi connectivity index (χ1) is 13.7. The average Bonchev–Trinajstić information content (AvgIpc) is 3.44. The van der Waals surface area contributed by atoms with E-state index in [0.29, 0.717) is 6.10 Å². The van der Waals surface area contributed by atoms with Crippen molar-refractivity contribution in [1.29, 1.82) is 0 Å². The highest BCUT2D eigenvalue weighted by Gasteiger charge is 2.23. The SMILES string of the molecule is Cc1cc(C2=Nn3cc(-c4ccccc4)nc3SC2)c(C)n1C[C@H]1CCCO1. The van der Waals surface area contributed by atoms with Crippen molar-refractivity contribution in [3.63, 3.8) is 0 Å². The quantitative estimate of drug-likeness (QED) is 0.656. The Balaban J connectivity index is 1.46. The molecule has 0 aliphatic carbocycles. The third-order valence-corrected chi connectivity index (χ3v) is 6.54. The molecule has 144 valence electrons. The van der Waals surface area contributed by atoms with Crippen LogP contribution in [0.25, 0.3) is 11.3 Å². The van der Waals surface area contributed by atoms with Gasteiger partial charge < -0.3 is 9.30 Å². The molecule has 0 unspecified atom stereocenters. The Bertz CT molecular complexity index is 1030. The Labute approximate surface area is 169 Å². The summed E-state index contributed by atoms with van der Waals surface area (Å²) < 4.78 is 10.2. The molecule has 0 radical (unpaired) electrons. The van der Waals surface area contributed by atoms with Crippen molar-refractivity contribution >= 4 is 17.5 Å². The van der Waals surface area contributed by atoms with Gasteiger partial charge in [0.15, 0.2) is 5.16 Å². The lowest BCUT2D eigenvalue weighted by atomic mass is 10.1. The third-order valence-electron chi connectivity index (χ3n) is 5.59. The normalized spacial score (nSPS) is 18.9. The molecule has 0 N–H and O–H groups in total. The molecule has 1 fully saturated rings. The summed E-state index contributed by atoms with van der Waals surface area (Å²) in [7, 11) is 0. The number of aromatic nitrogens is 3. The third kappa shape index (κ3) is 3.20. The Kier molecular flexibility index (Phi) is 4.61. The molecule has 5 rings (SSSR count). The van der Waals surface area contributed by atoms with E-state index in [9.17, 15) is 0 Å². The van der Waals surface area contributed by atoms with Crippen molar-refractivity contribution in [2.75, 3.05) is 12.4 Å². The molecule has 1 saturated heterocycles. The molecular formula is C22H24N4OS. The number of thioether (sulfide) groups is 1. The van der Waals surface area contributed by atoms with Gasteiger partial charge in [-0.2, -0.15) is 5.10 Å². The highest BCUT2D eigenvalue weighted by Crippen LogP contribution is 2.30. The first-order valence-corrected chi connectivity index (χ1v) is 10.8. The smallest absolute Gasteiger partial charge is 0.189 e. The van der Waals surface area contributed by atoms with Crippen LogP contribution in [-0.4, -0.2) is 38.4 Å². The van der Waals surface area contributed by atoms with E-state index in [0.717, 1.165) is 47.5 Å². The van der Waals surface area contributed by atoms with E-state index < -0.39 is 0 Å². The van der Waals surface area contributed by atoms with Crippen LogP contribution in [-0.2, 0) is 11.3 Å². The Morgan fingerprint density at radius 2 is 2.07 bits per heavy atom. The zero-order valence-electron chi connectivity index (χ0n) is 16.3. The molecule has 0 bridgehead atoms. The van der Waals surface area contributed by atoms with Crippen LogP contribution < -0.4 is 0 Å². The van der Waals surface area contributed by atoms with Crippen LogP contribution in [0, 0.1) is 13.8 Å². The first-order valence-electron chi connectivity index (χ1n) is 9.83. The lowest BCUT2D eigenvalue weighted by molar-refractivity contribution is 0.0962. The second kappa shape index (κ2) is 7.26. The second-order valence-electron chi connectivity index (χ2n) is 7.49. The molecule has 3 aromatic rings. The number of fused-ring (bicyclic) bond motifs is 1. The van der Waals surface area contributed by atoms with Gasteiger partial charge in [-0.25, -0.2) is 9.66 Å². The van der Waals surface area contributed by atoms with Crippen molar-refractivity contribution in [1.82, 2.24) is 14.2 Å². The van der Waals surface area contributed by atoms with Crippen LogP contribution in [0.2, 0.25) is 0 Å². The Morgan fingerprint density at radius 1 is 1.21 bits per heavy atom. The average molecular weight is 393 g/mol. The van der Waals surface area contributed by atoms with Crippen LogP contribution in [0.5, 0.6) is 0 Å². The van der Waals surface area contributed by atoms with E-state index in [4.69, 9.17) is 14.8 Å². The fourth-order valence-corrected chi connectivity index (χ4v) is 4.93. The first kappa shape index (κ1) is 17.8. The zero-order chi connectivity index (χ0) is 19.1. The minimum Gasteiger partial charge on any atom is -0.376 e. The van der Waals surface area contributed by atoms with Crippen molar-refractivity contribution in [3.05, 3.63) is 59.5 Å². The predicted octanol–water partition coefficient (Wildman–Crippen LogP) is 4.51. The van der Waals surface area contributed by atoms with Gasteiger partial charge >= 0.3 is 0 Å². The van der Waals surface area contributed by atoms with Gasteiger partial charge in [-0.05, 0) is 32.8 Å². The van der Waals surface area contributed by atoms with Gasteiger partial charge in [-0.15, -0.1) is 0 Å². The molecule has 6 heteroatoms. The topological polar surface area (TPSA) is 44.3 Å². The zero-order valence-corrected chi connectivity index (χ0v) is 17.1. The molecule has 2 aliphatic heterocycles. The largest absolute Gasteiger partial charge is 0.376 e. The Morgan fingerprint density at radius 3 is 2.86 bits per heavy atom. The Hall–Kier alpha value is -2.31. The molecule has 1 aromatic carbocycles. The molecule has 2 aliphatic rings. The maximum atomic E-state index is 5.85. The molecule has 5 nitrogen and oxygen atoms in total. The molecular weight excluding hydrogens is 368 g/mol. The summed E-state index contributed by atoms with van der Waals surface area (Å²) in [6, 6.07) is 12.5. The summed E-state index contributed by atoms with van der Waals surface area (Å²) in [5.74, 6) is 0.843. The summed E-state index contributed by atoms with van der Waals surface area (Å²) in [4.78, 5) is 4.76. The lowest BCUT2D eigenvalue weighted by Crippen LogP contribution is -2.18. The maximum Gasteiger partial charge on any atom is 0.189 e. The number of aryl methyl sites for hydroxylation is 1. The summed E-state index contributed by atoms with van der Waals surface area (Å²) >= 11 is 1.75. The molecule has 0 amide bonds. The monoisotopic (exact) mass is 392 g/mol. The number of imidazole rings is 1. The second-order valence-corrected chi connectivity index (χ2v) is 8.43. The summed E-state index contributed by atoms with van der Waals surface area (Å²) in [5, 5.41) is 5.87. The van der Waals surface area contributed by atoms with Gasteiger partial charge in [0.2, 0.25) is 0 Å². The fourth-order valence-electron chi connectivity index (χ4n) is 4.06. The van der Waals surface area contributed by atoms with E-state index in [-0.39, 0.29) is 0 Å². The minimum atomic E-state index is 0.342. The number of rotatable bonds is 4. The standard InChI is InChI=1S/C22H24N4OS/c1-15-11-19(16(2)25(15)12-18-9-6-10-27-18)21-14-28-22-23-20(13-26(22)24-21)17-7-4-3-5-8-17/h3-5,7-8,11,13,18H,6,9-10,12,14H2,1-2H3/t18-/m1/s1. The van der Waals surface area contributed by atoms with Gasteiger partial charge in [-0.3, -0.25) is 0 Å². The van der Waals surface area contributed by atoms with Gasteiger partial charge in [0.25, 0.3) is 0 Å². The van der Waals surface area contributed by atoms with Crippen molar-refractivity contribution in [3.8, 4) is 11.3 Å². The summed E-state index contributed by atoms with van der Waals surface area (Å²) in [5.41, 5.74) is 6.99. The number of hydrogen-bond acceptors (Lipinski definition) is 4. The van der Waals surface area contributed by atoms with Crippen LogP contribution in [0.3, 0.4) is 0 Å². The molecule has 4 heterocycles. The molecule has 28 heavy (non-hydrogen) atoms.